The Balaban J connectivity index is 2.05. The molecule has 0 amide bonds. The molecule has 0 saturated heterocycles. The Morgan fingerprint density at radius 1 is 1.11 bits per heavy atom. The number of ether oxygens (including phenoxy) is 2. The van der Waals surface area contributed by atoms with Gasteiger partial charge >= 0.3 is 11.9 Å². The molecule has 0 aliphatic heterocycles. The largest absolute Gasteiger partial charge is 0.457 e. The van der Waals surface area contributed by atoms with Crippen LogP contribution in [0, 0.1) is 5.41 Å². The number of rotatable bonds is 5. The second-order valence-corrected chi connectivity index (χ2v) is 7.97. The Bertz CT molecular complexity index is 889. The molecule has 1 aromatic carbocycles. The maximum absolute atomic E-state index is 12.3. The number of benzene rings is 1. The molecule has 0 bridgehead atoms. The van der Waals surface area contributed by atoms with Crippen molar-refractivity contribution in [2.45, 2.75) is 33.3 Å². The maximum Gasteiger partial charge on any atom is 0.353 e. The van der Waals surface area contributed by atoms with E-state index in [1.54, 1.807) is 70.2 Å². The third kappa shape index (κ3) is 6.07. The highest BCUT2D eigenvalue weighted by atomic mass is 32.1. The zero-order valence-corrected chi connectivity index (χ0v) is 16.5. The van der Waals surface area contributed by atoms with Crippen LogP contribution in [0.15, 0.2) is 42.0 Å². The summed E-state index contributed by atoms with van der Waals surface area (Å²) >= 11 is 1.22. The Morgan fingerprint density at radius 3 is 2.30 bits per heavy atom. The second kappa shape index (κ2) is 8.18. The minimum Gasteiger partial charge on any atom is -0.457 e. The first-order valence-corrected chi connectivity index (χ1v) is 9.05. The van der Waals surface area contributed by atoms with Crippen LogP contribution in [0.2, 0.25) is 0 Å². The van der Waals surface area contributed by atoms with Crippen molar-refractivity contribution in [3.8, 4) is 5.75 Å². The van der Waals surface area contributed by atoms with E-state index in [1.165, 1.54) is 11.3 Å². The number of hydrogen-bond donors (Lipinski definition) is 2. The number of carbonyl (C=O) groups excluding carboxylic acids is 2. The molecule has 0 saturated carbocycles. The van der Waals surface area contributed by atoms with E-state index in [-0.39, 0.29) is 5.84 Å². The first-order valence-electron chi connectivity index (χ1n) is 8.23. The molecule has 3 N–H and O–H groups in total. The highest BCUT2D eigenvalue weighted by Crippen LogP contribution is 2.23. The lowest BCUT2D eigenvalue weighted by Crippen LogP contribution is -2.24. The van der Waals surface area contributed by atoms with Crippen molar-refractivity contribution in [3.63, 3.8) is 0 Å². The molecule has 142 valence electrons. The molecular formula is C20H22N2O4S. The quantitative estimate of drug-likeness (QED) is 0.266. The fraction of sp³-hybridized carbons (Fsp3) is 0.250. The van der Waals surface area contributed by atoms with Gasteiger partial charge in [0, 0.05) is 16.0 Å². The molecule has 0 spiro atoms. The van der Waals surface area contributed by atoms with Crippen molar-refractivity contribution in [2.75, 3.05) is 0 Å². The van der Waals surface area contributed by atoms with Crippen LogP contribution >= 0.6 is 11.3 Å². The minimum absolute atomic E-state index is 0.0529. The van der Waals surface area contributed by atoms with Crippen molar-refractivity contribution in [3.05, 3.63) is 57.3 Å². The standard InChI is InChI=1S/C20H22N2O4S/c1-12(18(23)26-20(2,3)4)11-15-9-10-16(27-15)19(24)25-14-7-5-13(6-8-14)17(21)22/h5-11H,1-4H3,(H3,21,22). The molecule has 0 atom stereocenters. The van der Waals surface area contributed by atoms with E-state index in [4.69, 9.17) is 20.6 Å². The van der Waals surface area contributed by atoms with E-state index in [9.17, 15) is 9.59 Å². The predicted molar refractivity (Wildman–Crippen MR) is 106 cm³/mol. The fourth-order valence-electron chi connectivity index (χ4n) is 2.03. The molecule has 7 heteroatoms. The minimum atomic E-state index is -0.561. The summed E-state index contributed by atoms with van der Waals surface area (Å²) in [6.45, 7) is 7.09. The van der Waals surface area contributed by atoms with E-state index in [2.05, 4.69) is 0 Å². The first kappa shape index (κ1) is 20.4. The Labute approximate surface area is 162 Å². The summed E-state index contributed by atoms with van der Waals surface area (Å²) in [5, 5.41) is 7.35. The van der Waals surface area contributed by atoms with Crippen molar-refractivity contribution >= 4 is 35.2 Å². The summed E-state index contributed by atoms with van der Waals surface area (Å²) in [5.74, 6) is -0.584. The molecule has 2 aromatic rings. The lowest BCUT2D eigenvalue weighted by atomic mass is 10.2. The van der Waals surface area contributed by atoms with Gasteiger partial charge in [-0.1, -0.05) is 0 Å². The summed E-state index contributed by atoms with van der Waals surface area (Å²) in [4.78, 5) is 25.4. The third-order valence-corrected chi connectivity index (χ3v) is 4.30. The lowest BCUT2D eigenvalue weighted by Gasteiger charge is -2.19. The van der Waals surface area contributed by atoms with Gasteiger partial charge < -0.3 is 15.2 Å². The van der Waals surface area contributed by atoms with E-state index < -0.39 is 17.5 Å². The van der Waals surface area contributed by atoms with Crippen LogP contribution in [0.4, 0.5) is 0 Å². The van der Waals surface area contributed by atoms with Gasteiger partial charge in [-0.2, -0.15) is 0 Å². The van der Waals surface area contributed by atoms with Gasteiger partial charge in [-0.3, -0.25) is 5.41 Å². The summed E-state index contributed by atoms with van der Waals surface area (Å²) in [5.41, 5.74) is 5.83. The zero-order valence-electron chi connectivity index (χ0n) is 15.7. The van der Waals surface area contributed by atoms with E-state index in [1.807, 2.05) is 0 Å². The van der Waals surface area contributed by atoms with Gasteiger partial charge in [-0.25, -0.2) is 9.59 Å². The van der Waals surface area contributed by atoms with Gasteiger partial charge in [0.2, 0.25) is 0 Å². The topological polar surface area (TPSA) is 102 Å². The Hall–Kier alpha value is -2.93. The van der Waals surface area contributed by atoms with E-state index >= 15 is 0 Å². The number of nitrogens with two attached hydrogens (primary N) is 1. The van der Waals surface area contributed by atoms with Gasteiger partial charge in [0.25, 0.3) is 0 Å². The van der Waals surface area contributed by atoms with Gasteiger partial charge in [-0.15, -0.1) is 11.3 Å². The summed E-state index contributed by atoms with van der Waals surface area (Å²) in [6.07, 6.45) is 1.68. The number of esters is 2. The number of carbonyl (C=O) groups is 2. The molecule has 6 nitrogen and oxygen atoms in total. The second-order valence-electron chi connectivity index (χ2n) is 6.86. The number of nitrogen functional groups attached to an aromatic ring is 1. The predicted octanol–water partition coefficient (Wildman–Crippen LogP) is 4.00. The average molecular weight is 386 g/mol. The van der Waals surface area contributed by atoms with Crippen molar-refractivity contribution in [1.29, 1.82) is 5.41 Å². The first-order chi connectivity index (χ1) is 12.5. The molecule has 0 aliphatic rings. The summed E-state index contributed by atoms with van der Waals surface area (Å²) in [6, 6.07) is 9.76. The lowest BCUT2D eigenvalue weighted by molar-refractivity contribution is -0.149. The van der Waals surface area contributed by atoms with Crippen LogP contribution in [0.1, 0.15) is 47.8 Å². The highest BCUT2D eigenvalue weighted by Gasteiger charge is 2.18. The summed E-state index contributed by atoms with van der Waals surface area (Å²) < 4.78 is 10.6. The molecule has 0 fully saturated rings. The van der Waals surface area contributed by atoms with Gasteiger partial charge in [0.15, 0.2) is 0 Å². The van der Waals surface area contributed by atoms with Crippen LogP contribution in [0.25, 0.3) is 6.08 Å². The fourth-order valence-corrected chi connectivity index (χ4v) is 2.92. The number of hydrogen-bond acceptors (Lipinski definition) is 6. The molecule has 2 rings (SSSR count). The van der Waals surface area contributed by atoms with Crippen molar-refractivity contribution in [1.82, 2.24) is 0 Å². The zero-order chi connectivity index (χ0) is 20.2. The van der Waals surface area contributed by atoms with Crippen LogP contribution in [0.3, 0.4) is 0 Å². The van der Waals surface area contributed by atoms with E-state index in [0.717, 1.165) is 4.88 Å². The number of nitrogens with one attached hydrogen (secondary N) is 1. The number of thiophene rings is 1. The molecule has 0 radical (unpaired) electrons. The van der Waals surface area contributed by atoms with Crippen LogP contribution < -0.4 is 10.5 Å². The van der Waals surface area contributed by atoms with Gasteiger partial charge in [-0.05, 0) is 70.2 Å². The van der Waals surface area contributed by atoms with Crippen molar-refractivity contribution < 1.29 is 19.1 Å². The maximum atomic E-state index is 12.3. The molecule has 1 aromatic heterocycles. The SMILES string of the molecule is CC(=Cc1ccc(C(=O)Oc2ccc(C(=N)N)cc2)s1)C(=O)OC(C)(C)C. The van der Waals surface area contributed by atoms with Crippen LogP contribution in [0.5, 0.6) is 5.75 Å². The molecule has 0 aliphatic carbocycles. The number of amidine groups is 1. The van der Waals surface area contributed by atoms with Crippen molar-refractivity contribution in [2.24, 2.45) is 5.73 Å². The van der Waals surface area contributed by atoms with Crippen LogP contribution in [-0.4, -0.2) is 23.4 Å². The third-order valence-electron chi connectivity index (χ3n) is 3.28. The Kier molecular flexibility index (Phi) is 6.17. The Morgan fingerprint density at radius 2 is 1.74 bits per heavy atom. The molecular weight excluding hydrogens is 364 g/mol. The normalized spacial score (nSPS) is 11.8. The smallest absolute Gasteiger partial charge is 0.353 e. The summed E-state index contributed by atoms with van der Waals surface area (Å²) in [7, 11) is 0. The monoisotopic (exact) mass is 386 g/mol. The molecule has 1 heterocycles. The van der Waals surface area contributed by atoms with E-state index in [0.29, 0.717) is 21.8 Å². The molecule has 0 unspecified atom stereocenters. The highest BCUT2D eigenvalue weighted by molar-refractivity contribution is 7.14. The van der Waals surface area contributed by atoms with Gasteiger partial charge in [0.05, 0.1) is 0 Å². The molecule has 27 heavy (non-hydrogen) atoms. The van der Waals surface area contributed by atoms with Crippen LogP contribution in [-0.2, 0) is 9.53 Å². The average Bonchev–Trinajstić information content (AvgIpc) is 3.02. The van der Waals surface area contributed by atoms with Gasteiger partial charge in [0.1, 0.15) is 22.1 Å².